The number of anilines is 1. The van der Waals surface area contributed by atoms with E-state index in [4.69, 9.17) is 4.74 Å². The lowest BCUT2D eigenvalue weighted by molar-refractivity contribution is -0.132. The van der Waals surface area contributed by atoms with E-state index in [1.165, 1.54) is 11.0 Å². The summed E-state index contributed by atoms with van der Waals surface area (Å²) in [6.07, 6.45) is -0.538. The number of ether oxygens (including phenoxy) is 1. The molecule has 0 bridgehead atoms. The number of nitrogens with zero attached hydrogens (tertiary/aromatic N) is 1. The van der Waals surface area contributed by atoms with Gasteiger partial charge in [-0.2, -0.15) is 0 Å². The van der Waals surface area contributed by atoms with Gasteiger partial charge in [-0.25, -0.2) is 4.39 Å². The van der Waals surface area contributed by atoms with Crippen molar-refractivity contribution in [2.24, 2.45) is 0 Å². The van der Waals surface area contributed by atoms with Crippen molar-refractivity contribution in [1.82, 2.24) is 5.32 Å². The van der Waals surface area contributed by atoms with E-state index in [1.807, 2.05) is 12.1 Å². The Bertz CT molecular complexity index is 794. The molecule has 0 aromatic heterocycles. The van der Waals surface area contributed by atoms with Crippen LogP contribution in [0, 0.1) is 5.82 Å². The van der Waals surface area contributed by atoms with Crippen LogP contribution in [-0.2, 0) is 16.0 Å². The molecule has 3 rings (SSSR count). The molecule has 0 aliphatic carbocycles. The third-order valence-corrected chi connectivity index (χ3v) is 4.15. The monoisotopic (exact) mass is 342 g/mol. The molecule has 0 saturated heterocycles. The van der Waals surface area contributed by atoms with Gasteiger partial charge in [0.25, 0.3) is 5.91 Å². The molecule has 25 heavy (non-hydrogen) atoms. The first kappa shape index (κ1) is 17.0. The fourth-order valence-electron chi connectivity index (χ4n) is 2.78. The Kier molecular flexibility index (Phi) is 4.97. The first-order valence-corrected chi connectivity index (χ1v) is 8.09. The Morgan fingerprint density at radius 3 is 2.72 bits per heavy atom. The summed E-state index contributed by atoms with van der Waals surface area (Å²) in [6.45, 7) is 0.299. The molecule has 1 unspecified atom stereocenters. The number of nitrogens with one attached hydrogen (secondary N) is 1. The predicted molar refractivity (Wildman–Crippen MR) is 92.0 cm³/mol. The first-order valence-electron chi connectivity index (χ1n) is 8.09. The number of carbonyl (C=O) groups is 2. The fourth-order valence-corrected chi connectivity index (χ4v) is 2.78. The van der Waals surface area contributed by atoms with Crippen molar-refractivity contribution >= 4 is 17.5 Å². The lowest BCUT2D eigenvalue weighted by Crippen LogP contribution is -2.46. The van der Waals surface area contributed by atoms with Gasteiger partial charge in [-0.1, -0.05) is 30.3 Å². The van der Waals surface area contributed by atoms with E-state index in [9.17, 15) is 14.0 Å². The van der Waals surface area contributed by atoms with E-state index >= 15 is 0 Å². The highest BCUT2D eigenvalue weighted by atomic mass is 19.1. The minimum Gasteiger partial charge on any atom is -0.478 e. The molecule has 2 aromatic rings. The summed E-state index contributed by atoms with van der Waals surface area (Å²) in [4.78, 5) is 25.9. The average Bonchev–Trinajstić information content (AvgIpc) is 2.61. The Morgan fingerprint density at radius 1 is 1.20 bits per heavy atom. The Hall–Kier alpha value is -2.89. The number of para-hydroxylation sites is 2. The van der Waals surface area contributed by atoms with E-state index in [0.29, 0.717) is 30.0 Å². The molecule has 1 heterocycles. The van der Waals surface area contributed by atoms with Gasteiger partial charge in [0.2, 0.25) is 5.91 Å². The van der Waals surface area contributed by atoms with Crippen molar-refractivity contribution in [3.05, 3.63) is 59.9 Å². The van der Waals surface area contributed by atoms with Gasteiger partial charge in [0, 0.05) is 13.6 Å². The third-order valence-electron chi connectivity index (χ3n) is 4.15. The molecule has 0 saturated carbocycles. The van der Waals surface area contributed by atoms with Crippen LogP contribution >= 0.6 is 0 Å². The van der Waals surface area contributed by atoms with Gasteiger partial charge in [0.1, 0.15) is 11.6 Å². The maximum absolute atomic E-state index is 13.5. The zero-order valence-electron chi connectivity index (χ0n) is 13.9. The second-order valence-corrected chi connectivity index (χ2v) is 5.87. The van der Waals surface area contributed by atoms with Gasteiger partial charge < -0.3 is 15.0 Å². The highest BCUT2D eigenvalue weighted by Crippen LogP contribution is 2.33. The number of rotatable bonds is 5. The Balaban J connectivity index is 1.55. The number of benzene rings is 2. The number of halogens is 1. The summed E-state index contributed by atoms with van der Waals surface area (Å²) in [5.41, 5.74) is 1.23. The largest absolute Gasteiger partial charge is 0.478 e. The fraction of sp³-hybridized carbons (Fsp3) is 0.263. The zero-order chi connectivity index (χ0) is 17.8. The van der Waals surface area contributed by atoms with Crippen molar-refractivity contribution in [2.75, 3.05) is 18.5 Å². The molecular weight excluding hydrogens is 323 g/mol. The summed E-state index contributed by atoms with van der Waals surface area (Å²) in [5.74, 6) is -0.278. The van der Waals surface area contributed by atoms with Crippen molar-refractivity contribution in [1.29, 1.82) is 0 Å². The van der Waals surface area contributed by atoms with E-state index in [1.54, 1.807) is 37.4 Å². The van der Waals surface area contributed by atoms with Crippen LogP contribution in [0.5, 0.6) is 5.75 Å². The van der Waals surface area contributed by atoms with Crippen LogP contribution in [-0.4, -0.2) is 31.5 Å². The standard InChI is InChI=1S/C19H19FN2O3/c1-22-15-8-4-5-9-16(15)25-17(19(22)24)12-18(23)21-11-10-13-6-2-3-7-14(13)20/h2-9,17H,10-12H2,1H3,(H,21,23). The highest BCUT2D eigenvalue weighted by molar-refractivity contribution is 6.01. The second kappa shape index (κ2) is 7.34. The number of hydrogen-bond donors (Lipinski definition) is 1. The third kappa shape index (κ3) is 3.79. The van der Waals surface area contributed by atoms with E-state index < -0.39 is 6.10 Å². The maximum Gasteiger partial charge on any atom is 0.268 e. The number of fused-ring (bicyclic) bond motifs is 1. The molecule has 1 aliphatic heterocycles. The normalized spacial score (nSPS) is 16.2. The molecule has 130 valence electrons. The van der Waals surface area contributed by atoms with Crippen molar-refractivity contribution < 1.29 is 18.7 Å². The zero-order valence-corrected chi connectivity index (χ0v) is 13.9. The minimum absolute atomic E-state index is 0.0746. The van der Waals surface area contributed by atoms with Crippen LogP contribution in [0.1, 0.15) is 12.0 Å². The van der Waals surface area contributed by atoms with Crippen molar-refractivity contribution in [3.8, 4) is 5.75 Å². The summed E-state index contributed by atoms with van der Waals surface area (Å²) in [5, 5.41) is 2.71. The summed E-state index contributed by atoms with van der Waals surface area (Å²) >= 11 is 0. The lowest BCUT2D eigenvalue weighted by atomic mass is 10.1. The van der Waals surface area contributed by atoms with E-state index in [0.717, 1.165) is 0 Å². The quantitative estimate of drug-likeness (QED) is 0.907. The molecule has 0 radical (unpaired) electrons. The molecule has 1 aliphatic rings. The average molecular weight is 342 g/mol. The number of likely N-dealkylation sites (N-methyl/N-ethyl adjacent to an activating group) is 1. The SMILES string of the molecule is CN1C(=O)C(CC(=O)NCCc2ccccc2F)Oc2ccccc21. The molecule has 6 heteroatoms. The van der Waals surface area contributed by atoms with Crippen LogP contribution in [0.2, 0.25) is 0 Å². The molecule has 1 N–H and O–H groups in total. The Labute approximate surface area is 145 Å². The van der Waals surface area contributed by atoms with Crippen LogP contribution in [0.3, 0.4) is 0 Å². The van der Waals surface area contributed by atoms with Crippen molar-refractivity contribution in [2.45, 2.75) is 18.9 Å². The summed E-state index contributed by atoms with van der Waals surface area (Å²) in [6, 6.07) is 13.6. The van der Waals surface area contributed by atoms with Crippen molar-refractivity contribution in [3.63, 3.8) is 0 Å². The van der Waals surface area contributed by atoms with Gasteiger partial charge >= 0.3 is 0 Å². The van der Waals surface area contributed by atoms with Gasteiger partial charge in [-0.3, -0.25) is 9.59 Å². The molecular formula is C19H19FN2O3. The molecule has 2 amide bonds. The van der Waals surface area contributed by atoms with Crippen LogP contribution in [0.15, 0.2) is 48.5 Å². The van der Waals surface area contributed by atoms with E-state index in [-0.39, 0.29) is 24.1 Å². The number of carbonyl (C=O) groups excluding carboxylic acids is 2. The van der Waals surface area contributed by atoms with E-state index in [2.05, 4.69) is 5.32 Å². The minimum atomic E-state index is -0.853. The van der Waals surface area contributed by atoms with Gasteiger partial charge in [0.05, 0.1) is 12.1 Å². The van der Waals surface area contributed by atoms with Gasteiger partial charge in [0.15, 0.2) is 6.10 Å². The predicted octanol–water partition coefficient (Wildman–Crippen LogP) is 2.30. The highest BCUT2D eigenvalue weighted by Gasteiger charge is 2.33. The smallest absolute Gasteiger partial charge is 0.268 e. The van der Waals surface area contributed by atoms with Crippen LogP contribution in [0.25, 0.3) is 0 Å². The summed E-state index contributed by atoms with van der Waals surface area (Å²) < 4.78 is 19.2. The molecule has 0 fully saturated rings. The molecule has 2 aromatic carbocycles. The van der Waals surface area contributed by atoms with Crippen LogP contribution in [0.4, 0.5) is 10.1 Å². The lowest BCUT2D eigenvalue weighted by Gasteiger charge is -2.31. The molecule has 5 nitrogen and oxygen atoms in total. The molecule has 0 spiro atoms. The number of hydrogen-bond acceptors (Lipinski definition) is 3. The summed E-state index contributed by atoms with van der Waals surface area (Å²) in [7, 11) is 1.66. The Morgan fingerprint density at radius 2 is 1.92 bits per heavy atom. The van der Waals surface area contributed by atoms with Crippen LogP contribution < -0.4 is 15.0 Å². The first-order chi connectivity index (χ1) is 12.1. The molecule has 1 atom stereocenters. The second-order valence-electron chi connectivity index (χ2n) is 5.87. The maximum atomic E-state index is 13.5. The topological polar surface area (TPSA) is 58.6 Å². The van der Waals surface area contributed by atoms with Gasteiger partial charge in [-0.15, -0.1) is 0 Å². The van der Waals surface area contributed by atoms with Gasteiger partial charge in [-0.05, 0) is 30.2 Å². The number of amides is 2.